The van der Waals surface area contributed by atoms with E-state index in [-0.39, 0.29) is 31.5 Å². The van der Waals surface area contributed by atoms with E-state index in [1.807, 2.05) is 29.2 Å². The normalized spacial score (nSPS) is 20.0. The first-order valence-electron chi connectivity index (χ1n) is 9.54. The molecule has 2 aliphatic rings. The van der Waals surface area contributed by atoms with Crippen LogP contribution in [0.3, 0.4) is 0 Å². The molecule has 0 spiro atoms. The van der Waals surface area contributed by atoms with E-state index in [2.05, 4.69) is 5.32 Å². The van der Waals surface area contributed by atoms with Crippen molar-refractivity contribution in [1.29, 1.82) is 0 Å². The molecule has 152 valence electrons. The quantitative estimate of drug-likeness (QED) is 0.623. The fraction of sp³-hybridized carbons (Fsp3) is 0.333. The number of ether oxygens (including phenoxy) is 1. The third-order valence-corrected chi connectivity index (χ3v) is 5.12. The van der Waals surface area contributed by atoms with Crippen molar-refractivity contribution in [2.45, 2.75) is 12.3 Å². The van der Waals surface area contributed by atoms with E-state index < -0.39 is 12.3 Å². The average molecular weight is 397 g/mol. The summed E-state index contributed by atoms with van der Waals surface area (Å²) >= 11 is 0. The molecule has 2 atom stereocenters. The molecule has 0 bridgehead atoms. The van der Waals surface area contributed by atoms with Gasteiger partial charge < -0.3 is 25.2 Å². The number of aliphatic hydroxyl groups excluding tert-OH is 2. The standard InChI is InChI=1S/C21H23N3O5/c25-16(12-24-20(27)17-3-1-2-4-18(17)21(24)28)11-22-14-5-7-15(8-6-14)23-9-10-29-13-19(23)26/h1-8,16,19,22,25-26H,9-13H2/t16-,19?/m1/s1. The van der Waals surface area contributed by atoms with Gasteiger partial charge in [0.15, 0.2) is 6.23 Å². The number of imide groups is 1. The van der Waals surface area contributed by atoms with Crippen molar-refractivity contribution in [2.75, 3.05) is 43.1 Å². The van der Waals surface area contributed by atoms with Gasteiger partial charge in [-0.25, -0.2) is 0 Å². The Bertz CT molecular complexity index is 866. The van der Waals surface area contributed by atoms with Crippen LogP contribution in [-0.2, 0) is 4.74 Å². The maximum atomic E-state index is 12.4. The number of hydrogen-bond donors (Lipinski definition) is 3. The van der Waals surface area contributed by atoms with Crippen LogP contribution in [0.2, 0.25) is 0 Å². The second kappa shape index (κ2) is 8.20. The predicted molar refractivity (Wildman–Crippen MR) is 107 cm³/mol. The highest BCUT2D eigenvalue weighted by atomic mass is 16.5. The lowest BCUT2D eigenvalue weighted by molar-refractivity contribution is 0.00633. The fourth-order valence-electron chi connectivity index (χ4n) is 3.58. The van der Waals surface area contributed by atoms with Crippen LogP contribution in [-0.4, -0.2) is 72.1 Å². The minimum atomic E-state index is -0.905. The summed E-state index contributed by atoms with van der Waals surface area (Å²) in [6.07, 6.45) is -1.57. The van der Waals surface area contributed by atoms with E-state index in [0.29, 0.717) is 24.3 Å². The molecule has 3 N–H and O–H groups in total. The minimum absolute atomic E-state index is 0.0720. The van der Waals surface area contributed by atoms with Gasteiger partial charge in [0.25, 0.3) is 11.8 Å². The van der Waals surface area contributed by atoms with Crippen molar-refractivity contribution in [2.24, 2.45) is 0 Å². The number of rotatable bonds is 6. The minimum Gasteiger partial charge on any atom is -0.389 e. The first-order chi connectivity index (χ1) is 14.0. The van der Waals surface area contributed by atoms with Crippen LogP contribution in [0.5, 0.6) is 0 Å². The van der Waals surface area contributed by atoms with E-state index in [1.165, 1.54) is 0 Å². The van der Waals surface area contributed by atoms with Crippen LogP contribution >= 0.6 is 0 Å². The number of aliphatic hydroxyl groups is 2. The number of fused-ring (bicyclic) bond motifs is 1. The van der Waals surface area contributed by atoms with Gasteiger partial charge >= 0.3 is 0 Å². The third kappa shape index (κ3) is 3.95. The number of benzene rings is 2. The molecule has 2 aliphatic heterocycles. The Balaban J connectivity index is 1.32. The molecule has 29 heavy (non-hydrogen) atoms. The highest BCUT2D eigenvalue weighted by molar-refractivity contribution is 6.21. The molecule has 2 amide bonds. The Morgan fingerprint density at radius 1 is 1.07 bits per heavy atom. The average Bonchev–Trinajstić information content (AvgIpc) is 2.98. The molecule has 0 saturated carbocycles. The van der Waals surface area contributed by atoms with Crippen LogP contribution in [0.1, 0.15) is 20.7 Å². The van der Waals surface area contributed by atoms with Crippen LogP contribution < -0.4 is 10.2 Å². The molecular weight excluding hydrogens is 374 g/mol. The lowest BCUT2D eigenvalue weighted by Gasteiger charge is -2.33. The number of morpholine rings is 1. The molecule has 0 aromatic heterocycles. The van der Waals surface area contributed by atoms with Gasteiger partial charge in [0.1, 0.15) is 0 Å². The number of carbonyl (C=O) groups excluding carboxylic acids is 2. The smallest absolute Gasteiger partial charge is 0.261 e. The van der Waals surface area contributed by atoms with Gasteiger partial charge in [-0.05, 0) is 36.4 Å². The molecule has 1 fully saturated rings. The van der Waals surface area contributed by atoms with Gasteiger partial charge in [-0.2, -0.15) is 0 Å². The number of anilines is 2. The molecule has 2 aromatic carbocycles. The van der Waals surface area contributed by atoms with E-state index in [1.54, 1.807) is 24.3 Å². The fourth-order valence-corrected chi connectivity index (χ4v) is 3.58. The predicted octanol–water partition coefficient (Wildman–Crippen LogP) is 0.911. The van der Waals surface area contributed by atoms with Crippen LogP contribution in [0, 0.1) is 0 Å². The second-order valence-corrected chi connectivity index (χ2v) is 7.10. The van der Waals surface area contributed by atoms with Crippen molar-refractivity contribution in [3.05, 3.63) is 59.7 Å². The van der Waals surface area contributed by atoms with Crippen molar-refractivity contribution in [3.8, 4) is 0 Å². The Hall–Kier alpha value is -2.94. The highest BCUT2D eigenvalue weighted by Gasteiger charge is 2.36. The molecular formula is C21H23N3O5. The molecule has 1 saturated heterocycles. The summed E-state index contributed by atoms with van der Waals surface area (Å²) in [7, 11) is 0. The lowest BCUT2D eigenvalue weighted by Crippen LogP contribution is -2.45. The largest absolute Gasteiger partial charge is 0.389 e. The molecule has 2 aromatic rings. The van der Waals surface area contributed by atoms with Crippen LogP contribution in [0.25, 0.3) is 0 Å². The summed E-state index contributed by atoms with van der Waals surface area (Å²) in [5, 5.41) is 23.4. The maximum Gasteiger partial charge on any atom is 0.261 e. The van der Waals surface area contributed by atoms with E-state index in [9.17, 15) is 19.8 Å². The number of amides is 2. The third-order valence-electron chi connectivity index (χ3n) is 5.12. The van der Waals surface area contributed by atoms with Crippen molar-refractivity contribution in [3.63, 3.8) is 0 Å². The maximum absolute atomic E-state index is 12.4. The Labute approximate surface area is 168 Å². The van der Waals surface area contributed by atoms with Crippen LogP contribution in [0.15, 0.2) is 48.5 Å². The Kier molecular flexibility index (Phi) is 5.48. The zero-order chi connectivity index (χ0) is 20.4. The van der Waals surface area contributed by atoms with Gasteiger partial charge in [0, 0.05) is 24.5 Å². The summed E-state index contributed by atoms with van der Waals surface area (Å²) in [6.45, 7) is 1.59. The van der Waals surface area contributed by atoms with Gasteiger partial charge in [-0.15, -0.1) is 0 Å². The zero-order valence-corrected chi connectivity index (χ0v) is 15.8. The summed E-state index contributed by atoms with van der Waals surface area (Å²) in [6, 6.07) is 14.1. The molecule has 8 nitrogen and oxygen atoms in total. The van der Waals surface area contributed by atoms with Crippen LogP contribution in [0.4, 0.5) is 11.4 Å². The van der Waals surface area contributed by atoms with E-state index in [4.69, 9.17) is 4.74 Å². The van der Waals surface area contributed by atoms with Gasteiger partial charge in [-0.1, -0.05) is 12.1 Å². The summed E-state index contributed by atoms with van der Waals surface area (Å²) in [5.74, 6) is -0.754. The summed E-state index contributed by atoms with van der Waals surface area (Å²) in [4.78, 5) is 27.7. The lowest BCUT2D eigenvalue weighted by atomic mass is 10.1. The zero-order valence-electron chi connectivity index (χ0n) is 15.8. The SMILES string of the molecule is O=C1c2ccccc2C(=O)N1C[C@H](O)CNc1ccc(N2CCOCC2O)cc1. The van der Waals surface area contributed by atoms with E-state index in [0.717, 1.165) is 16.3 Å². The number of carbonyl (C=O) groups is 2. The number of hydrogen-bond acceptors (Lipinski definition) is 7. The first-order valence-corrected chi connectivity index (χ1v) is 9.54. The second-order valence-electron chi connectivity index (χ2n) is 7.10. The summed E-state index contributed by atoms with van der Waals surface area (Å²) in [5.41, 5.74) is 2.42. The highest BCUT2D eigenvalue weighted by Crippen LogP contribution is 2.23. The topological polar surface area (TPSA) is 102 Å². The van der Waals surface area contributed by atoms with Gasteiger partial charge in [0.2, 0.25) is 0 Å². The molecule has 1 unspecified atom stereocenters. The number of nitrogens with zero attached hydrogens (tertiary/aromatic N) is 2. The van der Waals surface area contributed by atoms with E-state index >= 15 is 0 Å². The van der Waals surface area contributed by atoms with Gasteiger partial charge in [-0.3, -0.25) is 14.5 Å². The molecule has 0 radical (unpaired) electrons. The Morgan fingerprint density at radius 2 is 1.72 bits per heavy atom. The monoisotopic (exact) mass is 397 g/mol. The summed E-state index contributed by atoms with van der Waals surface area (Å²) < 4.78 is 5.23. The number of β-amino-alcohol motifs (C(OH)–C–C–N with tert-alkyl or cyclic N) is 1. The molecule has 4 rings (SSSR count). The molecule has 8 heteroatoms. The van der Waals surface area contributed by atoms with Gasteiger partial charge in [0.05, 0.1) is 37.0 Å². The Morgan fingerprint density at radius 3 is 2.34 bits per heavy atom. The first kappa shape index (κ1) is 19.4. The van der Waals surface area contributed by atoms with Crippen molar-refractivity contribution < 1.29 is 24.5 Å². The number of nitrogens with one attached hydrogen (secondary N) is 1. The molecule has 0 aliphatic carbocycles. The van der Waals surface area contributed by atoms with Crippen molar-refractivity contribution >= 4 is 23.2 Å². The van der Waals surface area contributed by atoms with Crippen molar-refractivity contribution in [1.82, 2.24) is 4.90 Å². The molecule has 2 heterocycles.